The highest BCUT2D eigenvalue weighted by atomic mass is 16.5. The van der Waals surface area contributed by atoms with Crippen LogP contribution in [0.4, 0.5) is 5.88 Å². The van der Waals surface area contributed by atoms with Crippen molar-refractivity contribution in [3.63, 3.8) is 0 Å². The van der Waals surface area contributed by atoms with E-state index in [9.17, 15) is 0 Å². The monoisotopic (exact) mass is 258 g/mol. The van der Waals surface area contributed by atoms with Gasteiger partial charge in [-0.25, -0.2) is 0 Å². The molecular weight excluding hydrogens is 240 g/mol. The number of fused-ring (bicyclic) bond motifs is 1. The minimum atomic E-state index is 0.431. The molecule has 0 saturated carbocycles. The largest absolute Gasteiger partial charge is 0.372 e. The molecule has 0 bridgehead atoms. The lowest BCUT2D eigenvalue weighted by atomic mass is 9.97. The fourth-order valence-corrected chi connectivity index (χ4v) is 2.47. The quantitative estimate of drug-likeness (QED) is 0.918. The number of rotatable bonds is 3. The summed E-state index contributed by atoms with van der Waals surface area (Å²) in [4.78, 5) is 0. The molecule has 0 spiro atoms. The van der Waals surface area contributed by atoms with Crippen LogP contribution in [0, 0.1) is 5.92 Å². The summed E-state index contributed by atoms with van der Waals surface area (Å²) in [5, 5.41) is 4.12. The topological polar surface area (TPSA) is 61.3 Å². The first-order valence-electron chi connectivity index (χ1n) is 6.59. The van der Waals surface area contributed by atoms with Crippen LogP contribution >= 0.6 is 0 Å². The zero-order chi connectivity index (χ0) is 13.4. The van der Waals surface area contributed by atoms with Gasteiger partial charge in [-0.3, -0.25) is 0 Å². The van der Waals surface area contributed by atoms with Crippen LogP contribution < -0.4 is 5.73 Å². The van der Waals surface area contributed by atoms with E-state index in [1.807, 2.05) is 0 Å². The number of nitrogen functional groups attached to an aromatic ring is 1. The van der Waals surface area contributed by atoms with Gasteiger partial charge in [-0.15, -0.1) is 0 Å². The van der Waals surface area contributed by atoms with Gasteiger partial charge in [-0.2, -0.15) is 0 Å². The lowest BCUT2D eigenvalue weighted by Crippen LogP contribution is -1.98. The van der Waals surface area contributed by atoms with Gasteiger partial charge in [0.25, 0.3) is 0 Å². The lowest BCUT2D eigenvalue weighted by Gasteiger charge is -2.06. The SMILES string of the molecule is CC(C)Cc1c(-c2ccc3c(c2)COC3)noc1N. The molecule has 19 heavy (non-hydrogen) atoms. The Labute approximate surface area is 112 Å². The molecular formula is C15H18N2O2. The number of aromatic nitrogens is 1. The van der Waals surface area contributed by atoms with Crippen molar-refractivity contribution < 1.29 is 9.26 Å². The van der Waals surface area contributed by atoms with Gasteiger partial charge in [-0.05, 0) is 29.5 Å². The Morgan fingerprint density at radius 2 is 2.05 bits per heavy atom. The molecule has 1 aromatic carbocycles. The van der Waals surface area contributed by atoms with Gasteiger partial charge in [0.15, 0.2) is 0 Å². The fraction of sp³-hybridized carbons (Fsp3) is 0.400. The first-order valence-corrected chi connectivity index (χ1v) is 6.59. The third kappa shape index (κ3) is 2.24. The van der Waals surface area contributed by atoms with Crippen LogP contribution in [0.1, 0.15) is 30.5 Å². The normalized spacial score (nSPS) is 14.1. The van der Waals surface area contributed by atoms with Gasteiger partial charge < -0.3 is 15.0 Å². The molecule has 1 aromatic heterocycles. The number of benzene rings is 1. The minimum Gasteiger partial charge on any atom is -0.372 e. The Balaban J connectivity index is 2.02. The Bertz CT molecular complexity index is 602. The molecule has 0 unspecified atom stereocenters. The summed E-state index contributed by atoms with van der Waals surface area (Å²) in [5.74, 6) is 0.943. The Morgan fingerprint density at radius 1 is 1.26 bits per heavy atom. The molecule has 100 valence electrons. The second-order valence-corrected chi connectivity index (χ2v) is 5.45. The zero-order valence-electron chi connectivity index (χ0n) is 11.3. The van der Waals surface area contributed by atoms with Gasteiger partial charge in [0.05, 0.1) is 13.2 Å². The van der Waals surface area contributed by atoms with Crippen LogP contribution in [0.2, 0.25) is 0 Å². The van der Waals surface area contributed by atoms with Crippen molar-refractivity contribution in [1.82, 2.24) is 5.16 Å². The van der Waals surface area contributed by atoms with E-state index in [2.05, 4.69) is 37.2 Å². The maximum absolute atomic E-state index is 5.89. The summed E-state index contributed by atoms with van der Waals surface area (Å²) < 4.78 is 10.6. The number of hydrogen-bond acceptors (Lipinski definition) is 4. The highest BCUT2D eigenvalue weighted by Crippen LogP contribution is 2.32. The van der Waals surface area contributed by atoms with E-state index in [1.165, 1.54) is 11.1 Å². The molecule has 3 rings (SSSR count). The van der Waals surface area contributed by atoms with Crippen molar-refractivity contribution in [3.8, 4) is 11.3 Å². The Hall–Kier alpha value is -1.81. The third-order valence-corrected chi connectivity index (χ3v) is 3.43. The second kappa shape index (κ2) is 4.70. The molecule has 0 saturated heterocycles. The lowest BCUT2D eigenvalue weighted by molar-refractivity contribution is 0.134. The Kier molecular flexibility index (Phi) is 3.03. The second-order valence-electron chi connectivity index (χ2n) is 5.45. The first kappa shape index (κ1) is 12.2. The van der Waals surface area contributed by atoms with E-state index >= 15 is 0 Å². The molecule has 0 amide bonds. The summed E-state index contributed by atoms with van der Waals surface area (Å²) in [6.07, 6.45) is 0.873. The minimum absolute atomic E-state index is 0.431. The predicted molar refractivity (Wildman–Crippen MR) is 73.4 cm³/mol. The van der Waals surface area contributed by atoms with E-state index in [4.69, 9.17) is 15.0 Å². The number of ether oxygens (including phenoxy) is 1. The number of nitrogens with zero attached hydrogens (tertiary/aromatic N) is 1. The Morgan fingerprint density at radius 3 is 2.84 bits per heavy atom. The zero-order valence-corrected chi connectivity index (χ0v) is 11.3. The number of hydrogen-bond donors (Lipinski definition) is 1. The molecule has 2 aromatic rings. The van der Waals surface area contributed by atoms with Crippen molar-refractivity contribution in [1.29, 1.82) is 0 Å². The molecule has 1 aliphatic heterocycles. The van der Waals surface area contributed by atoms with Crippen molar-refractivity contribution in [3.05, 3.63) is 34.9 Å². The van der Waals surface area contributed by atoms with Gasteiger partial charge in [-0.1, -0.05) is 31.1 Å². The van der Waals surface area contributed by atoms with Crippen LogP contribution in [0.15, 0.2) is 22.7 Å². The highest BCUT2D eigenvalue weighted by Gasteiger charge is 2.19. The van der Waals surface area contributed by atoms with E-state index in [1.54, 1.807) is 0 Å². The molecule has 1 aliphatic rings. The van der Waals surface area contributed by atoms with Crippen LogP contribution in [0.25, 0.3) is 11.3 Å². The van der Waals surface area contributed by atoms with Crippen molar-refractivity contribution in [2.75, 3.05) is 5.73 Å². The molecule has 0 aliphatic carbocycles. The van der Waals surface area contributed by atoms with Gasteiger partial charge in [0.2, 0.25) is 5.88 Å². The maximum atomic E-state index is 5.89. The van der Waals surface area contributed by atoms with Gasteiger partial charge in [0.1, 0.15) is 5.69 Å². The summed E-state index contributed by atoms with van der Waals surface area (Å²) in [6, 6.07) is 6.29. The third-order valence-electron chi connectivity index (χ3n) is 3.43. The van der Waals surface area contributed by atoms with Crippen LogP contribution in [0.3, 0.4) is 0 Å². The van der Waals surface area contributed by atoms with E-state index < -0.39 is 0 Å². The summed E-state index contributed by atoms with van der Waals surface area (Å²) in [6.45, 7) is 5.70. The van der Waals surface area contributed by atoms with Crippen LogP contribution in [0.5, 0.6) is 0 Å². The average Bonchev–Trinajstić information content (AvgIpc) is 2.96. The standard InChI is InChI=1S/C15H18N2O2/c1-9(2)5-13-14(17-19-15(13)16)10-3-4-11-7-18-8-12(11)6-10/h3-4,6,9H,5,7-8,16H2,1-2H3. The molecule has 4 nitrogen and oxygen atoms in total. The molecule has 0 radical (unpaired) electrons. The average molecular weight is 258 g/mol. The summed E-state index contributed by atoms with van der Waals surface area (Å²) in [7, 11) is 0. The maximum Gasteiger partial charge on any atom is 0.225 e. The van der Waals surface area contributed by atoms with E-state index in [0.29, 0.717) is 25.0 Å². The van der Waals surface area contributed by atoms with Crippen molar-refractivity contribution in [2.45, 2.75) is 33.5 Å². The summed E-state index contributed by atoms with van der Waals surface area (Å²) in [5.41, 5.74) is 11.3. The summed E-state index contributed by atoms with van der Waals surface area (Å²) >= 11 is 0. The van der Waals surface area contributed by atoms with Crippen molar-refractivity contribution >= 4 is 5.88 Å². The highest BCUT2D eigenvalue weighted by molar-refractivity contribution is 5.68. The fourth-order valence-electron chi connectivity index (χ4n) is 2.47. The van der Waals surface area contributed by atoms with Gasteiger partial charge >= 0.3 is 0 Å². The van der Waals surface area contributed by atoms with Crippen molar-refractivity contribution in [2.24, 2.45) is 5.92 Å². The molecule has 2 heterocycles. The van der Waals surface area contributed by atoms with E-state index in [-0.39, 0.29) is 0 Å². The van der Waals surface area contributed by atoms with Crippen LogP contribution in [-0.4, -0.2) is 5.16 Å². The molecule has 0 atom stereocenters. The van der Waals surface area contributed by atoms with E-state index in [0.717, 1.165) is 23.2 Å². The first-order chi connectivity index (χ1) is 9.15. The smallest absolute Gasteiger partial charge is 0.225 e. The molecule has 4 heteroatoms. The predicted octanol–water partition coefficient (Wildman–Crippen LogP) is 3.15. The molecule has 0 fully saturated rings. The number of nitrogens with two attached hydrogens (primary N) is 1. The van der Waals surface area contributed by atoms with Gasteiger partial charge in [0, 0.05) is 11.1 Å². The molecule has 2 N–H and O–H groups in total. The van der Waals surface area contributed by atoms with Crippen LogP contribution in [-0.2, 0) is 24.4 Å². The number of anilines is 1.